The van der Waals surface area contributed by atoms with Crippen molar-refractivity contribution in [3.8, 4) is 5.75 Å². The summed E-state index contributed by atoms with van der Waals surface area (Å²) in [4.78, 5) is 21.8. The summed E-state index contributed by atoms with van der Waals surface area (Å²) in [6.45, 7) is 2.15. The van der Waals surface area contributed by atoms with Crippen molar-refractivity contribution in [2.24, 2.45) is 0 Å². The number of carboxylic acids is 1. The van der Waals surface area contributed by atoms with Crippen LogP contribution in [0.5, 0.6) is 5.75 Å². The lowest BCUT2D eigenvalue weighted by Crippen LogP contribution is -2.06. The van der Waals surface area contributed by atoms with E-state index in [0.29, 0.717) is 29.4 Å². The first kappa shape index (κ1) is 17.1. The molecule has 1 rings (SSSR count). The molecular weight excluding hydrogens is 292 g/mol. The minimum Gasteiger partial charge on any atom is -0.496 e. The molecule has 0 unspecified atom stereocenters. The van der Waals surface area contributed by atoms with Gasteiger partial charge in [0.15, 0.2) is 0 Å². The summed E-state index contributed by atoms with van der Waals surface area (Å²) >= 11 is 1.45. The molecule has 0 bridgehead atoms. The molecule has 0 heterocycles. The van der Waals surface area contributed by atoms with Crippen LogP contribution in [0, 0.1) is 0 Å². The second-order valence-corrected chi connectivity index (χ2v) is 5.03. The Kier molecular flexibility index (Phi) is 7.39. The van der Waals surface area contributed by atoms with Crippen LogP contribution < -0.4 is 4.74 Å². The van der Waals surface area contributed by atoms with E-state index in [1.165, 1.54) is 24.9 Å². The van der Waals surface area contributed by atoms with Crippen molar-refractivity contribution >= 4 is 29.8 Å². The van der Waals surface area contributed by atoms with Crippen molar-refractivity contribution in [2.75, 3.05) is 19.5 Å². The number of carbonyl (C=O) groups is 2. The highest BCUT2D eigenvalue weighted by atomic mass is 32.2. The highest BCUT2D eigenvalue weighted by Gasteiger charge is 2.05. The van der Waals surface area contributed by atoms with Crippen LogP contribution in [0.15, 0.2) is 24.3 Å². The second kappa shape index (κ2) is 9.07. The minimum absolute atomic E-state index is 0.234. The van der Waals surface area contributed by atoms with Crippen molar-refractivity contribution < 1.29 is 24.2 Å². The van der Waals surface area contributed by atoms with Gasteiger partial charge in [-0.15, -0.1) is 11.8 Å². The summed E-state index contributed by atoms with van der Waals surface area (Å²) in [6, 6.07) is 5.51. The van der Waals surface area contributed by atoms with Gasteiger partial charge >= 0.3 is 11.9 Å². The van der Waals surface area contributed by atoms with E-state index in [2.05, 4.69) is 0 Å². The van der Waals surface area contributed by atoms with Gasteiger partial charge in [-0.2, -0.15) is 0 Å². The zero-order valence-electron chi connectivity index (χ0n) is 12.0. The van der Waals surface area contributed by atoms with E-state index in [4.69, 9.17) is 14.6 Å². The van der Waals surface area contributed by atoms with Crippen molar-refractivity contribution in [1.29, 1.82) is 0 Å². The first-order chi connectivity index (χ1) is 10.1. The lowest BCUT2D eigenvalue weighted by Gasteiger charge is -2.08. The van der Waals surface area contributed by atoms with Crippen LogP contribution in [0.1, 0.15) is 18.1 Å². The molecule has 0 aromatic heterocycles. The molecule has 0 saturated heterocycles. The van der Waals surface area contributed by atoms with Crippen LogP contribution >= 0.6 is 11.8 Å². The van der Waals surface area contributed by atoms with Crippen molar-refractivity contribution in [3.63, 3.8) is 0 Å². The molecule has 5 nitrogen and oxygen atoms in total. The average molecular weight is 310 g/mol. The summed E-state index contributed by atoms with van der Waals surface area (Å²) in [7, 11) is 1.53. The molecule has 0 amide bonds. The number of benzene rings is 1. The lowest BCUT2D eigenvalue weighted by atomic mass is 10.1. The normalized spacial score (nSPS) is 10.6. The van der Waals surface area contributed by atoms with E-state index in [0.717, 1.165) is 11.6 Å². The van der Waals surface area contributed by atoms with Crippen LogP contribution in [0.4, 0.5) is 0 Å². The number of carboxylic acid groups (broad SMARTS) is 1. The Morgan fingerprint density at radius 1 is 1.38 bits per heavy atom. The van der Waals surface area contributed by atoms with Crippen LogP contribution in [-0.2, 0) is 20.1 Å². The van der Waals surface area contributed by atoms with Gasteiger partial charge in [-0.05, 0) is 30.7 Å². The molecule has 1 aromatic rings. The molecule has 1 aromatic carbocycles. The van der Waals surface area contributed by atoms with E-state index in [1.807, 2.05) is 12.1 Å². The smallest absolute Gasteiger partial charge is 0.328 e. The summed E-state index contributed by atoms with van der Waals surface area (Å²) < 4.78 is 10.0. The Morgan fingerprint density at radius 3 is 2.76 bits per heavy atom. The van der Waals surface area contributed by atoms with Gasteiger partial charge in [0, 0.05) is 17.4 Å². The summed E-state index contributed by atoms with van der Waals surface area (Å²) in [6.07, 6.45) is 2.55. The van der Waals surface area contributed by atoms with E-state index in [-0.39, 0.29) is 5.97 Å². The summed E-state index contributed by atoms with van der Waals surface area (Å²) in [5.41, 5.74) is 1.67. The summed E-state index contributed by atoms with van der Waals surface area (Å²) in [5.74, 6) is 0.282. The van der Waals surface area contributed by atoms with Gasteiger partial charge in [-0.1, -0.05) is 6.07 Å². The van der Waals surface area contributed by atoms with Crippen LogP contribution in [0.3, 0.4) is 0 Å². The third-order valence-corrected chi connectivity index (χ3v) is 3.47. The van der Waals surface area contributed by atoms with Gasteiger partial charge in [-0.25, -0.2) is 4.79 Å². The predicted octanol–water partition coefficient (Wildman–Crippen LogP) is 2.59. The Hall–Kier alpha value is -1.95. The van der Waals surface area contributed by atoms with Gasteiger partial charge in [-0.3, -0.25) is 4.79 Å². The molecular formula is C15H18O5S. The van der Waals surface area contributed by atoms with E-state index < -0.39 is 5.97 Å². The number of methoxy groups -OCH3 is 1. The van der Waals surface area contributed by atoms with Crippen LogP contribution in [0.2, 0.25) is 0 Å². The second-order valence-electron chi connectivity index (χ2n) is 4.05. The van der Waals surface area contributed by atoms with Crippen molar-refractivity contribution in [1.82, 2.24) is 0 Å². The molecule has 0 aliphatic heterocycles. The molecule has 21 heavy (non-hydrogen) atoms. The number of hydrogen-bond donors (Lipinski definition) is 1. The predicted molar refractivity (Wildman–Crippen MR) is 82.5 cm³/mol. The maximum Gasteiger partial charge on any atom is 0.328 e. The van der Waals surface area contributed by atoms with Crippen molar-refractivity contribution in [3.05, 3.63) is 35.4 Å². The molecule has 0 spiro atoms. The molecule has 1 N–H and O–H groups in total. The molecule has 0 aliphatic carbocycles. The topological polar surface area (TPSA) is 72.8 Å². The number of rotatable bonds is 8. The van der Waals surface area contributed by atoms with Gasteiger partial charge in [0.2, 0.25) is 0 Å². The van der Waals surface area contributed by atoms with E-state index in [9.17, 15) is 9.59 Å². The maximum atomic E-state index is 11.2. The number of esters is 1. The monoisotopic (exact) mass is 310 g/mol. The van der Waals surface area contributed by atoms with Crippen molar-refractivity contribution in [2.45, 2.75) is 12.7 Å². The number of aliphatic carboxylic acids is 1. The molecule has 0 saturated carbocycles. The Bertz CT molecular complexity index is 525. The maximum absolute atomic E-state index is 11.2. The van der Waals surface area contributed by atoms with Crippen LogP contribution in [-0.4, -0.2) is 36.5 Å². The lowest BCUT2D eigenvalue weighted by molar-refractivity contribution is -0.139. The number of hydrogen-bond acceptors (Lipinski definition) is 5. The van der Waals surface area contributed by atoms with Gasteiger partial charge in [0.25, 0.3) is 0 Å². The van der Waals surface area contributed by atoms with Gasteiger partial charge in [0.05, 0.1) is 19.5 Å². The van der Waals surface area contributed by atoms with Gasteiger partial charge < -0.3 is 14.6 Å². The molecule has 0 aliphatic rings. The number of thioether (sulfide) groups is 1. The first-order valence-corrected chi connectivity index (χ1v) is 7.53. The molecule has 6 heteroatoms. The SMILES string of the molecule is CCOC(=O)CSCc1ccc(OC)c(C=CC(=O)O)c1. The minimum atomic E-state index is -1.01. The van der Waals surface area contributed by atoms with Crippen LogP contribution in [0.25, 0.3) is 6.08 Å². The largest absolute Gasteiger partial charge is 0.496 e. The average Bonchev–Trinajstić information content (AvgIpc) is 2.45. The standard InChI is InChI=1S/C15H18O5S/c1-3-20-15(18)10-21-9-11-4-6-13(19-2)12(8-11)5-7-14(16)17/h4-8H,3,9-10H2,1-2H3,(H,16,17). The van der Waals surface area contributed by atoms with Gasteiger partial charge in [0.1, 0.15) is 5.75 Å². The zero-order valence-corrected chi connectivity index (χ0v) is 12.8. The fourth-order valence-corrected chi connectivity index (χ4v) is 2.39. The third kappa shape index (κ3) is 6.35. The Labute approximate surface area is 127 Å². The van der Waals surface area contributed by atoms with E-state index >= 15 is 0 Å². The quantitative estimate of drug-likeness (QED) is 0.588. The molecule has 0 atom stereocenters. The highest BCUT2D eigenvalue weighted by molar-refractivity contribution is 7.99. The molecule has 0 fully saturated rings. The number of carbonyl (C=O) groups excluding carboxylic acids is 1. The Morgan fingerprint density at radius 2 is 2.14 bits per heavy atom. The first-order valence-electron chi connectivity index (χ1n) is 6.38. The number of ether oxygens (including phenoxy) is 2. The highest BCUT2D eigenvalue weighted by Crippen LogP contribution is 2.23. The summed E-state index contributed by atoms with van der Waals surface area (Å²) in [5, 5.41) is 8.68. The zero-order chi connectivity index (χ0) is 15.7. The Balaban J connectivity index is 2.69. The molecule has 114 valence electrons. The third-order valence-electron chi connectivity index (χ3n) is 2.49. The fraction of sp³-hybridized carbons (Fsp3) is 0.333. The fourth-order valence-electron chi connectivity index (χ4n) is 1.62. The van der Waals surface area contributed by atoms with E-state index in [1.54, 1.807) is 13.0 Å². The molecule has 0 radical (unpaired) electrons.